The number of likely N-dealkylation sites (tertiary alicyclic amines) is 1. The summed E-state index contributed by atoms with van der Waals surface area (Å²) in [7, 11) is 0. The summed E-state index contributed by atoms with van der Waals surface area (Å²) in [6, 6.07) is 5.59. The molecule has 0 saturated carbocycles. The fraction of sp³-hybridized carbons (Fsp3) is 0.500. The lowest BCUT2D eigenvalue weighted by molar-refractivity contribution is -0.149. The van der Waals surface area contributed by atoms with Gasteiger partial charge in [-0.15, -0.1) is 0 Å². The van der Waals surface area contributed by atoms with Crippen LogP contribution in [0.1, 0.15) is 44.4 Å². The molecule has 0 aliphatic carbocycles. The van der Waals surface area contributed by atoms with Crippen molar-refractivity contribution in [1.29, 1.82) is 0 Å². The van der Waals surface area contributed by atoms with Gasteiger partial charge in [0.2, 0.25) is 17.7 Å². The molecule has 6 N–H and O–H groups in total. The highest BCUT2D eigenvalue weighted by atomic mass is 16.4. The number of carboxylic acids is 1. The summed E-state index contributed by atoms with van der Waals surface area (Å²) >= 11 is 0. The molecule has 200 valence electrons. The van der Waals surface area contributed by atoms with Crippen LogP contribution in [0, 0.1) is 5.92 Å². The van der Waals surface area contributed by atoms with E-state index in [0.29, 0.717) is 37.9 Å². The van der Waals surface area contributed by atoms with Gasteiger partial charge in [-0.25, -0.2) is 9.78 Å². The number of benzene rings is 1. The molecule has 1 aromatic heterocycles. The molecule has 0 spiro atoms. The van der Waals surface area contributed by atoms with E-state index in [1.165, 1.54) is 11.2 Å². The minimum absolute atomic E-state index is 0.0556. The van der Waals surface area contributed by atoms with Crippen LogP contribution < -0.4 is 16.4 Å². The number of H-pyrrole nitrogens is 1. The Kier molecular flexibility index (Phi) is 9.78. The first kappa shape index (κ1) is 27.9. The largest absolute Gasteiger partial charge is 0.480 e. The first-order valence-corrected chi connectivity index (χ1v) is 12.6. The van der Waals surface area contributed by atoms with Crippen molar-refractivity contribution in [2.75, 3.05) is 6.54 Å². The predicted octanol–water partition coefficient (Wildman–Crippen LogP) is 0.614. The van der Waals surface area contributed by atoms with Crippen LogP contribution >= 0.6 is 0 Å². The van der Waals surface area contributed by atoms with Crippen molar-refractivity contribution in [1.82, 2.24) is 25.5 Å². The van der Waals surface area contributed by atoms with Crippen LogP contribution in [0.5, 0.6) is 0 Å². The number of hydrogen-bond acceptors (Lipinski definition) is 6. The maximum atomic E-state index is 13.4. The number of imidazole rings is 1. The van der Waals surface area contributed by atoms with Gasteiger partial charge in [0.1, 0.15) is 18.1 Å². The lowest BCUT2D eigenvalue weighted by atomic mass is 10.0. The molecule has 1 aliphatic rings. The Morgan fingerprint density at radius 2 is 1.81 bits per heavy atom. The minimum Gasteiger partial charge on any atom is -0.480 e. The summed E-state index contributed by atoms with van der Waals surface area (Å²) in [6.07, 6.45) is 4.72. The molecule has 4 unspecified atom stereocenters. The topological polar surface area (TPSA) is 171 Å². The quantitative estimate of drug-likeness (QED) is 0.277. The highest BCUT2D eigenvalue weighted by Gasteiger charge is 2.38. The number of aromatic nitrogens is 2. The second-order valence-electron chi connectivity index (χ2n) is 9.86. The Morgan fingerprint density at radius 1 is 1.11 bits per heavy atom. The fourth-order valence-corrected chi connectivity index (χ4v) is 4.52. The SMILES string of the molecule is CC(C)CC(NC(=O)C(Cc1cnc[nH]1)NC(=O)C(N)Cc1ccccc1)C(=O)N1CCCC1C(=O)O. The summed E-state index contributed by atoms with van der Waals surface area (Å²) in [4.78, 5) is 59.5. The molecular weight excluding hydrogens is 476 g/mol. The Balaban J connectivity index is 1.74. The van der Waals surface area contributed by atoms with E-state index >= 15 is 0 Å². The second kappa shape index (κ2) is 13.0. The third-order valence-corrected chi connectivity index (χ3v) is 6.39. The smallest absolute Gasteiger partial charge is 0.326 e. The molecule has 1 fully saturated rings. The fourth-order valence-electron chi connectivity index (χ4n) is 4.52. The van der Waals surface area contributed by atoms with Crippen molar-refractivity contribution in [3.05, 3.63) is 54.1 Å². The molecule has 2 heterocycles. The maximum absolute atomic E-state index is 13.4. The van der Waals surface area contributed by atoms with Crippen molar-refractivity contribution < 1.29 is 24.3 Å². The molecule has 0 radical (unpaired) electrons. The first-order valence-electron chi connectivity index (χ1n) is 12.6. The molecule has 1 aliphatic heterocycles. The molecule has 4 atom stereocenters. The highest BCUT2D eigenvalue weighted by Crippen LogP contribution is 2.20. The van der Waals surface area contributed by atoms with Gasteiger partial charge in [0.15, 0.2) is 0 Å². The van der Waals surface area contributed by atoms with E-state index in [-0.39, 0.29) is 12.3 Å². The summed E-state index contributed by atoms with van der Waals surface area (Å²) in [5.41, 5.74) is 7.64. The number of amides is 3. The molecular formula is C26H36N6O5. The van der Waals surface area contributed by atoms with Gasteiger partial charge in [-0.05, 0) is 37.2 Å². The van der Waals surface area contributed by atoms with E-state index in [1.807, 2.05) is 44.2 Å². The van der Waals surface area contributed by atoms with Crippen LogP contribution in [0.15, 0.2) is 42.9 Å². The third kappa shape index (κ3) is 7.88. The number of aliphatic carboxylic acids is 1. The van der Waals surface area contributed by atoms with Crippen LogP contribution in [0.3, 0.4) is 0 Å². The Hall–Kier alpha value is -3.73. The van der Waals surface area contributed by atoms with Gasteiger partial charge in [-0.1, -0.05) is 44.2 Å². The normalized spacial score (nSPS) is 17.7. The van der Waals surface area contributed by atoms with Crippen LogP contribution in [-0.4, -0.2) is 74.4 Å². The average molecular weight is 513 g/mol. The van der Waals surface area contributed by atoms with Crippen LogP contribution in [-0.2, 0) is 32.0 Å². The van der Waals surface area contributed by atoms with E-state index < -0.39 is 47.9 Å². The highest BCUT2D eigenvalue weighted by molar-refractivity contribution is 5.94. The molecule has 3 amide bonds. The zero-order valence-electron chi connectivity index (χ0n) is 21.2. The second-order valence-corrected chi connectivity index (χ2v) is 9.86. The molecule has 2 aromatic rings. The van der Waals surface area contributed by atoms with E-state index in [9.17, 15) is 24.3 Å². The van der Waals surface area contributed by atoms with E-state index in [4.69, 9.17) is 5.73 Å². The van der Waals surface area contributed by atoms with Gasteiger partial charge in [0.05, 0.1) is 12.4 Å². The number of rotatable bonds is 12. The summed E-state index contributed by atoms with van der Waals surface area (Å²) in [6.45, 7) is 4.15. The molecule has 3 rings (SSSR count). The number of aromatic amines is 1. The zero-order valence-corrected chi connectivity index (χ0v) is 21.2. The zero-order chi connectivity index (χ0) is 26.9. The van der Waals surface area contributed by atoms with Gasteiger partial charge >= 0.3 is 5.97 Å². The summed E-state index contributed by atoms with van der Waals surface area (Å²) in [5.74, 6) is -2.49. The van der Waals surface area contributed by atoms with E-state index in [1.54, 1.807) is 6.20 Å². The van der Waals surface area contributed by atoms with Crippen molar-refractivity contribution in [3.8, 4) is 0 Å². The minimum atomic E-state index is -1.06. The molecule has 1 saturated heterocycles. The molecule has 37 heavy (non-hydrogen) atoms. The summed E-state index contributed by atoms with van der Waals surface area (Å²) < 4.78 is 0. The number of hydrogen-bond donors (Lipinski definition) is 5. The monoisotopic (exact) mass is 512 g/mol. The third-order valence-electron chi connectivity index (χ3n) is 6.39. The van der Waals surface area contributed by atoms with Crippen LogP contribution in [0.4, 0.5) is 0 Å². The lowest BCUT2D eigenvalue weighted by Crippen LogP contribution is -2.58. The van der Waals surface area contributed by atoms with Gasteiger partial charge in [-0.2, -0.15) is 0 Å². The van der Waals surface area contributed by atoms with Gasteiger partial charge in [-0.3, -0.25) is 14.4 Å². The molecule has 0 bridgehead atoms. The molecule has 11 heteroatoms. The maximum Gasteiger partial charge on any atom is 0.326 e. The number of carbonyl (C=O) groups excluding carboxylic acids is 3. The average Bonchev–Trinajstić information content (AvgIpc) is 3.55. The lowest BCUT2D eigenvalue weighted by Gasteiger charge is -2.29. The van der Waals surface area contributed by atoms with E-state index in [2.05, 4.69) is 20.6 Å². The Morgan fingerprint density at radius 3 is 2.43 bits per heavy atom. The van der Waals surface area contributed by atoms with Crippen molar-refractivity contribution in [2.24, 2.45) is 11.7 Å². The number of nitrogens with zero attached hydrogens (tertiary/aromatic N) is 2. The van der Waals surface area contributed by atoms with Crippen molar-refractivity contribution in [3.63, 3.8) is 0 Å². The van der Waals surface area contributed by atoms with E-state index in [0.717, 1.165) is 5.56 Å². The molecule has 11 nitrogen and oxygen atoms in total. The van der Waals surface area contributed by atoms with Crippen LogP contribution in [0.25, 0.3) is 0 Å². The first-order chi connectivity index (χ1) is 17.7. The van der Waals surface area contributed by atoms with Crippen molar-refractivity contribution in [2.45, 2.75) is 70.1 Å². The number of carboxylic acid groups (broad SMARTS) is 1. The molecule has 1 aromatic carbocycles. The predicted molar refractivity (Wildman–Crippen MR) is 136 cm³/mol. The summed E-state index contributed by atoms with van der Waals surface area (Å²) in [5, 5.41) is 15.0. The van der Waals surface area contributed by atoms with Crippen molar-refractivity contribution >= 4 is 23.7 Å². The van der Waals surface area contributed by atoms with Gasteiger partial charge in [0.25, 0.3) is 0 Å². The standard InChI is InChI=1S/C26H36N6O5/c1-16(2)11-21(25(35)32-10-6-9-22(32)26(36)37)31-24(34)20(13-18-14-28-15-29-18)30-23(33)19(27)12-17-7-4-3-5-8-17/h3-5,7-8,14-16,19-22H,6,9-13,27H2,1-2H3,(H,28,29)(H,30,33)(H,31,34)(H,36,37). The number of carbonyl (C=O) groups is 4. The van der Waals surface area contributed by atoms with Gasteiger partial charge < -0.3 is 31.4 Å². The van der Waals surface area contributed by atoms with Gasteiger partial charge in [0, 0.05) is 24.9 Å². The number of nitrogens with two attached hydrogens (primary N) is 1. The number of nitrogens with one attached hydrogen (secondary N) is 3. The van der Waals surface area contributed by atoms with Crippen LogP contribution in [0.2, 0.25) is 0 Å². The Bertz CT molecular complexity index is 1060. The Labute approximate surface area is 216 Å².